The normalized spacial score (nSPS) is 22.2. The molecule has 0 bridgehead atoms. The molecule has 2 aromatic rings. The largest absolute Gasteiger partial charge is 0.480 e. The van der Waals surface area contributed by atoms with Crippen LogP contribution in [0.4, 0.5) is 0 Å². The summed E-state index contributed by atoms with van der Waals surface area (Å²) in [6.07, 6.45) is 1.44. The van der Waals surface area contributed by atoms with Crippen LogP contribution in [-0.4, -0.2) is 22.9 Å². The van der Waals surface area contributed by atoms with Crippen molar-refractivity contribution in [1.29, 1.82) is 0 Å². The summed E-state index contributed by atoms with van der Waals surface area (Å²) in [6, 6.07) is 4.80. The second kappa shape index (κ2) is 4.96. The molecule has 2 atom stereocenters. The van der Waals surface area contributed by atoms with E-state index in [1.807, 2.05) is 19.1 Å². The summed E-state index contributed by atoms with van der Waals surface area (Å²) >= 11 is 1.41. The highest BCUT2D eigenvalue weighted by atomic mass is 32.2. The van der Waals surface area contributed by atoms with Crippen LogP contribution in [0, 0.1) is 6.92 Å². The monoisotopic (exact) mass is 291 g/mol. The van der Waals surface area contributed by atoms with Crippen LogP contribution in [0.2, 0.25) is 0 Å². The van der Waals surface area contributed by atoms with E-state index in [1.165, 1.54) is 18.0 Å². The van der Waals surface area contributed by atoms with Crippen molar-refractivity contribution in [3.63, 3.8) is 0 Å². The molecular formula is C14H13NO4S. The summed E-state index contributed by atoms with van der Waals surface area (Å²) in [4.78, 5) is 23.4. The molecule has 1 saturated heterocycles. The van der Waals surface area contributed by atoms with E-state index in [0.717, 1.165) is 5.56 Å². The number of hydrogen-bond acceptors (Lipinski definition) is 5. The summed E-state index contributed by atoms with van der Waals surface area (Å²) in [5.74, 6) is -0.466. The first kappa shape index (κ1) is 13.2. The van der Waals surface area contributed by atoms with Gasteiger partial charge in [0.15, 0.2) is 5.43 Å². The number of hydrogen-bond donors (Lipinski definition) is 2. The SMILES string of the molecule is Cc1cccc2c(=O)c(C3NC(C(=O)O)CS3)coc12. The average Bonchev–Trinajstić information content (AvgIpc) is 2.90. The molecule has 2 unspecified atom stereocenters. The van der Waals surface area contributed by atoms with Gasteiger partial charge in [-0.3, -0.25) is 14.9 Å². The van der Waals surface area contributed by atoms with Crippen molar-refractivity contribution in [2.45, 2.75) is 18.3 Å². The number of carboxylic acid groups (broad SMARTS) is 1. The van der Waals surface area contributed by atoms with Crippen molar-refractivity contribution in [2.75, 3.05) is 5.75 Å². The van der Waals surface area contributed by atoms with Gasteiger partial charge in [0.2, 0.25) is 0 Å². The Bertz CT molecular complexity index is 740. The lowest BCUT2D eigenvalue weighted by molar-refractivity contribution is -0.138. The summed E-state index contributed by atoms with van der Waals surface area (Å²) in [7, 11) is 0. The number of carbonyl (C=O) groups is 1. The van der Waals surface area contributed by atoms with E-state index >= 15 is 0 Å². The van der Waals surface area contributed by atoms with Crippen LogP contribution in [0.1, 0.15) is 16.5 Å². The van der Waals surface area contributed by atoms with E-state index in [-0.39, 0.29) is 10.8 Å². The van der Waals surface area contributed by atoms with Gasteiger partial charge < -0.3 is 9.52 Å². The average molecular weight is 291 g/mol. The zero-order valence-corrected chi connectivity index (χ0v) is 11.6. The molecule has 0 spiro atoms. The highest BCUT2D eigenvalue weighted by Gasteiger charge is 2.32. The van der Waals surface area contributed by atoms with Gasteiger partial charge in [0, 0.05) is 5.75 Å². The van der Waals surface area contributed by atoms with Crippen LogP contribution in [0.25, 0.3) is 11.0 Å². The molecule has 0 aliphatic carbocycles. The van der Waals surface area contributed by atoms with E-state index in [0.29, 0.717) is 22.3 Å². The van der Waals surface area contributed by atoms with E-state index in [9.17, 15) is 9.59 Å². The Balaban J connectivity index is 2.04. The predicted molar refractivity (Wildman–Crippen MR) is 77.0 cm³/mol. The molecule has 3 rings (SSSR count). The molecule has 1 aromatic carbocycles. The third-order valence-electron chi connectivity index (χ3n) is 3.39. The van der Waals surface area contributed by atoms with Gasteiger partial charge in [-0.2, -0.15) is 0 Å². The standard InChI is InChI=1S/C14H13NO4S/c1-7-3-2-4-8-11(16)9(5-19-12(7)8)13-15-10(6-20-13)14(17)18/h2-5,10,13,15H,6H2,1H3,(H,17,18). The fourth-order valence-corrected chi connectivity index (χ4v) is 3.52. The van der Waals surface area contributed by atoms with Crippen LogP contribution in [-0.2, 0) is 4.79 Å². The first-order valence-corrected chi connectivity index (χ1v) is 7.24. The number of carboxylic acids is 1. The molecule has 2 heterocycles. The molecule has 2 N–H and O–H groups in total. The zero-order chi connectivity index (χ0) is 14.3. The maximum atomic E-state index is 12.5. The van der Waals surface area contributed by atoms with Crippen molar-refractivity contribution in [1.82, 2.24) is 5.32 Å². The summed E-state index contributed by atoms with van der Waals surface area (Å²) in [6.45, 7) is 1.88. The van der Waals surface area contributed by atoms with Gasteiger partial charge in [0.05, 0.1) is 16.3 Å². The molecule has 6 heteroatoms. The van der Waals surface area contributed by atoms with E-state index in [2.05, 4.69) is 5.32 Å². The molecule has 1 aliphatic heterocycles. The number of rotatable bonds is 2. The van der Waals surface area contributed by atoms with Crippen molar-refractivity contribution in [2.24, 2.45) is 0 Å². The molecule has 1 aliphatic rings. The highest BCUT2D eigenvalue weighted by molar-refractivity contribution is 7.99. The number of thioether (sulfide) groups is 1. The van der Waals surface area contributed by atoms with Gasteiger partial charge in [-0.1, -0.05) is 12.1 Å². The van der Waals surface area contributed by atoms with Crippen LogP contribution < -0.4 is 10.7 Å². The van der Waals surface area contributed by atoms with Crippen molar-refractivity contribution in [3.05, 3.63) is 45.8 Å². The minimum absolute atomic E-state index is 0.106. The van der Waals surface area contributed by atoms with Gasteiger partial charge in [0.25, 0.3) is 0 Å². The first-order chi connectivity index (χ1) is 9.58. The zero-order valence-electron chi connectivity index (χ0n) is 10.8. The smallest absolute Gasteiger partial charge is 0.321 e. The van der Waals surface area contributed by atoms with Crippen LogP contribution in [0.15, 0.2) is 33.7 Å². The molecule has 0 saturated carbocycles. The van der Waals surface area contributed by atoms with Crippen LogP contribution >= 0.6 is 11.8 Å². The first-order valence-electron chi connectivity index (χ1n) is 6.19. The quantitative estimate of drug-likeness (QED) is 0.879. The van der Waals surface area contributed by atoms with Gasteiger partial charge in [-0.15, -0.1) is 11.8 Å². The minimum atomic E-state index is -0.902. The highest BCUT2D eigenvalue weighted by Crippen LogP contribution is 2.32. The van der Waals surface area contributed by atoms with E-state index in [1.54, 1.807) is 6.07 Å². The van der Waals surface area contributed by atoms with E-state index in [4.69, 9.17) is 9.52 Å². The molecule has 1 fully saturated rings. The lowest BCUT2D eigenvalue weighted by Gasteiger charge is -2.11. The second-order valence-corrected chi connectivity index (χ2v) is 5.88. The third-order valence-corrected chi connectivity index (χ3v) is 4.63. The Kier molecular flexibility index (Phi) is 3.27. The van der Waals surface area contributed by atoms with Gasteiger partial charge in [0.1, 0.15) is 17.9 Å². The third kappa shape index (κ3) is 2.10. The Hall–Kier alpha value is -1.79. The molecule has 20 heavy (non-hydrogen) atoms. The predicted octanol–water partition coefficient (Wildman–Crippen LogP) is 1.89. The Labute approximate surface area is 119 Å². The fourth-order valence-electron chi connectivity index (χ4n) is 2.29. The number of fused-ring (bicyclic) bond motifs is 1. The fraction of sp³-hybridized carbons (Fsp3) is 0.286. The lowest BCUT2D eigenvalue weighted by atomic mass is 10.1. The van der Waals surface area contributed by atoms with Crippen molar-refractivity contribution >= 4 is 28.7 Å². The maximum Gasteiger partial charge on any atom is 0.321 e. The van der Waals surface area contributed by atoms with Crippen molar-refractivity contribution < 1.29 is 14.3 Å². The summed E-state index contributed by atoms with van der Waals surface area (Å²) in [5.41, 5.74) is 1.85. The van der Waals surface area contributed by atoms with Gasteiger partial charge >= 0.3 is 5.97 Å². The number of para-hydroxylation sites is 1. The second-order valence-electron chi connectivity index (χ2n) is 4.74. The Morgan fingerprint density at radius 1 is 1.50 bits per heavy atom. The number of nitrogens with one attached hydrogen (secondary N) is 1. The maximum absolute atomic E-state index is 12.5. The molecule has 0 radical (unpaired) electrons. The number of aliphatic carboxylic acids is 1. The number of aryl methyl sites for hydroxylation is 1. The minimum Gasteiger partial charge on any atom is -0.480 e. The molecular weight excluding hydrogens is 278 g/mol. The molecule has 104 valence electrons. The van der Waals surface area contributed by atoms with Crippen LogP contribution in [0.3, 0.4) is 0 Å². The molecule has 5 nitrogen and oxygen atoms in total. The van der Waals surface area contributed by atoms with Crippen molar-refractivity contribution in [3.8, 4) is 0 Å². The van der Waals surface area contributed by atoms with Gasteiger partial charge in [-0.05, 0) is 18.6 Å². The van der Waals surface area contributed by atoms with Crippen LogP contribution in [0.5, 0.6) is 0 Å². The lowest BCUT2D eigenvalue weighted by Crippen LogP contribution is -2.34. The van der Waals surface area contributed by atoms with E-state index < -0.39 is 12.0 Å². The summed E-state index contributed by atoms with van der Waals surface area (Å²) < 4.78 is 5.56. The molecule has 1 aromatic heterocycles. The molecule has 0 amide bonds. The number of benzene rings is 1. The Morgan fingerprint density at radius 2 is 2.30 bits per heavy atom. The Morgan fingerprint density at radius 3 is 3.00 bits per heavy atom. The summed E-state index contributed by atoms with van der Waals surface area (Å²) in [5, 5.41) is 12.1. The topological polar surface area (TPSA) is 79.5 Å². The van der Waals surface area contributed by atoms with Gasteiger partial charge in [-0.25, -0.2) is 0 Å².